The van der Waals surface area contributed by atoms with Crippen molar-refractivity contribution in [1.29, 1.82) is 0 Å². The Morgan fingerprint density at radius 3 is 2.47 bits per heavy atom. The molecular formula is C22H28N4O4. The lowest BCUT2D eigenvalue weighted by Crippen LogP contribution is -2.48. The molecule has 1 aromatic heterocycles. The van der Waals surface area contributed by atoms with Crippen LogP contribution in [0.1, 0.15) is 40.3 Å². The number of carbonyl (C=O) groups excluding carboxylic acids is 3. The summed E-state index contributed by atoms with van der Waals surface area (Å²) in [7, 11) is 0. The zero-order valence-corrected chi connectivity index (χ0v) is 17.6. The highest BCUT2D eigenvalue weighted by atomic mass is 16.3. The maximum atomic E-state index is 12.2. The molecule has 2 heterocycles. The smallest absolute Gasteiger partial charge is 0.325 e. The van der Waals surface area contributed by atoms with Gasteiger partial charge in [0, 0.05) is 24.8 Å². The SMILES string of the molecule is Cc1ccc(C(=O)NC2CCN(CC(=O)NC(=O)Nc3cccc(C)c3C)CC2)o1. The Labute approximate surface area is 176 Å². The number of anilines is 1. The van der Waals surface area contributed by atoms with Crippen LogP contribution in [0.3, 0.4) is 0 Å². The zero-order chi connectivity index (χ0) is 21.7. The predicted molar refractivity (Wildman–Crippen MR) is 113 cm³/mol. The minimum Gasteiger partial charge on any atom is -0.456 e. The number of likely N-dealkylation sites (tertiary alicyclic amines) is 1. The van der Waals surface area contributed by atoms with Gasteiger partial charge in [0.25, 0.3) is 5.91 Å². The third kappa shape index (κ3) is 5.70. The molecule has 8 heteroatoms. The van der Waals surface area contributed by atoms with E-state index in [0.29, 0.717) is 30.3 Å². The molecule has 30 heavy (non-hydrogen) atoms. The fourth-order valence-corrected chi connectivity index (χ4v) is 3.46. The maximum Gasteiger partial charge on any atom is 0.325 e. The standard InChI is InChI=1S/C22H28N4O4/c1-14-5-4-6-18(16(14)3)24-22(29)25-20(27)13-26-11-9-17(10-12-26)23-21(28)19-8-7-15(2)30-19/h4-8,17H,9-13H2,1-3H3,(H,23,28)(H2,24,25,27,29). The fourth-order valence-electron chi connectivity index (χ4n) is 3.46. The Morgan fingerprint density at radius 2 is 1.80 bits per heavy atom. The van der Waals surface area contributed by atoms with Gasteiger partial charge in [-0.15, -0.1) is 0 Å². The van der Waals surface area contributed by atoms with Crippen molar-refractivity contribution >= 4 is 23.5 Å². The minimum absolute atomic E-state index is 0.0369. The number of urea groups is 1. The van der Waals surface area contributed by atoms with Crippen LogP contribution in [0, 0.1) is 20.8 Å². The summed E-state index contributed by atoms with van der Waals surface area (Å²) < 4.78 is 5.34. The molecule has 4 amide bonds. The van der Waals surface area contributed by atoms with E-state index >= 15 is 0 Å². The lowest BCUT2D eigenvalue weighted by Gasteiger charge is -2.31. The van der Waals surface area contributed by atoms with Crippen molar-refractivity contribution < 1.29 is 18.8 Å². The first-order valence-electron chi connectivity index (χ1n) is 10.1. The van der Waals surface area contributed by atoms with Gasteiger partial charge in [0.2, 0.25) is 5.91 Å². The van der Waals surface area contributed by atoms with E-state index in [4.69, 9.17) is 4.42 Å². The van der Waals surface area contributed by atoms with E-state index in [1.54, 1.807) is 25.1 Å². The quantitative estimate of drug-likeness (QED) is 0.701. The van der Waals surface area contributed by atoms with Gasteiger partial charge in [0.15, 0.2) is 5.76 Å². The molecule has 1 fully saturated rings. The van der Waals surface area contributed by atoms with Crippen LogP contribution in [0.25, 0.3) is 0 Å². The normalized spacial score (nSPS) is 14.9. The second-order valence-corrected chi connectivity index (χ2v) is 7.68. The molecule has 160 valence electrons. The molecule has 3 rings (SSSR count). The number of hydrogen-bond acceptors (Lipinski definition) is 5. The van der Waals surface area contributed by atoms with E-state index in [2.05, 4.69) is 16.0 Å². The van der Waals surface area contributed by atoms with Crippen molar-refractivity contribution in [1.82, 2.24) is 15.5 Å². The molecule has 0 radical (unpaired) electrons. The fraction of sp³-hybridized carbons (Fsp3) is 0.409. The summed E-state index contributed by atoms with van der Waals surface area (Å²) in [4.78, 5) is 38.5. The largest absolute Gasteiger partial charge is 0.456 e. The molecule has 3 N–H and O–H groups in total. The van der Waals surface area contributed by atoms with Crippen LogP contribution in [0.2, 0.25) is 0 Å². The van der Waals surface area contributed by atoms with Crippen molar-refractivity contribution in [3.8, 4) is 0 Å². The van der Waals surface area contributed by atoms with Gasteiger partial charge < -0.3 is 15.1 Å². The molecule has 8 nitrogen and oxygen atoms in total. The lowest BCUT2D eigenvalue weighted by atomic mass is 10.0. The topological polar surface area (TPSA) is 104 Å². The summed E-state index contributed by atoms with van der Waals surface area (Å²) in [6.45, 7) is 7.14. The average Bonchev–Trinajstić information content (AvgIpc) is 3.13. The number of benzene rings is 1. The molecule has 0 unspecified atom stereocenters. The van der Waals surface area contributed by atoms with Gasteiger partial charge in [-0.05, 0) is 62.9 Å². The van der Waals surface area contributed by atoms with Crippen molar-refractivity contribution in [3.63, 3.8) is 0 Å². The van der Waals surface area contributed by atoms with Crippen LogP contribution in [0.15, 0.2) is 34.7 Å². The summed E-state index contributed by atoms with van der Waals surface area (Å²) in [5, 5.41) is 8.06. The molecule has 1 aliphatic heterocycles. The third-order valence-corrected chi connectivity index (χ3v) is 5.36. The second kappa shape index (κ2) is 9.58. The van der Waals surface area contributed by atoms with Gasteiger partial charge in [-0.1, -0.05) is 12.1 Å². The van der Waals surface area contributed by atoms with Gasteiger partial charge >= 0.3 is 6.03 Å². The number of rotatable bonds is 5. The highest BCUT2D eigenvalue weighted by molar-refractivity contribution is 6.02. The molecule has 0 spiro atoms. The maximum absolute atomic E-state index is 12.2. The Hall–Kier alpha value is -3.13. The first-order valence-corrected chi connectivity index (χ1v) is 10.1. The summed E-state index contributed by atoms with van der Waals surface area (Å²) in [6, 6.07) is 8.54. The first-order chi connectivity index (χ1) is 14.3. The molecule has 0 saturated carbocycles. The molecule has 0 atom stereocenters. The molecular weight excluding hydrogens is 384 g/mol. The second-order valence-electron chi connectivity index (χ2n) is 7.68. The Morgan fingerprint density at radius 1 is 1.07 bits per heavy atom. The number of carbonyl (C=O) groups is 3. The highest BCUT2D eigenvalue weighted by Crippen LogP contribution is 2.17. The molecule has 0 bridgehead atoms. The summed E-state index contributed by atoms with van der Waals surface area (Å²) in [6.07, 6.45) is 1.46. The van der Waals surface area contributed by atoms with Crippen LogP contribution >= 0.6 is 0 Å². The number of nitrogens with zero attached hydrogens (tertiary/aromatic N) is 1. The Balaban J connectivity index is 1.40. The number of aryl methyl sites for hydroxylation is 2. The van der Waals surface area contributed by atoms with Gasteiger partial charge in [-0.25, -0.2) is 4.79 Å². The van der Waals surface area contributed by atoms with Gasteiger partial charge in [0.05, 0.1) is 6.54 Å². The van der Waals surface area contributed by atoms with E-state index in [1.807, 2.05) is 30.9 Å². The van der Waals surface area contributed by atoms with Crippen molar-refractivity contribution in [2.24, 2.45) is 0 Å². The Bertz CT molecular complexity index is 929. The average molecular weight is 412 g/mol. The summed E-state index contributed by atoms with van der Waals surface area (Å²) in [5.41, 5.74) is 2.72. The van der Waals surface area contributed by atoms with E-state index in [-0.39, 0.29) is 24.4 Å². The molecule has 1 aromatic carbocycles. The van der Waals surface area contributed by atoms with E-state index in [9.17, 15) is 14.4 Å². The monoisotopic (exact) mass is 412 g/mol. The third-order valence-electron chi connectivity index (χ3n) is 5.36. The predicted octanol–water partition coefficient (Wildman–Crippen LogP) is 2.75. The molecule has 1 aliphatic rings. The van der Waals surface area contributed by atoms with Crippen molar-refractivity contribution in [2.75, 3.05) is 25.0 Å². The van der Waals surface area contributed by atoms with Gasteiger partial charge in [-0.3, -0.25) is 19.8 Å². The molecule has 2 aromatic rings. The number of piperidine rings is 1. The van der Waals surface area contributed by atoms with Crippen LogP contribution in [-0.4, -0.2) is 48.4 Å². The summed E-state index contributed by atoms with van der Waals surface area (Å²) in [5.74, 6) is 0.431. The van der Waals surface area contributed by atoms with E-state index in [1.165, 1.54) is 0 Å². The lowest BCUT2D eigenvalue weighted by molar-refractivity contribution is -0.121. The van der Waals surface area contributed by atoms with Crippen LogP contribution in [-0.2, 0) is 4.79 Å². The molecule has 0 aliphatic carbocycles. The van der Waals surface area contributed by atoms with Crippen molar-refractivity contribution in [3.05, 3.63) is 53.0 Å². The number of amides is 4. The number of imide groups is 1. The number of furan rings is 1. The van der Waals surface area contributed by atoms with Crippen molar-refractivity contribution in [2.45, 2.75) is 39.7 Å². The minimum atomic E-state index is -0.537. The van der Waals surface area contributed by atoms with Crippen LogP contribution in [0.5, 0.6) is 0 Å². The zero-order valence-electron chi connectivity index (χ0n) is 17.6. The van der Waals surface area contributed by atoms with Crippen LogP contribution < -0.4 is 16.0 Å². The van der Waals surface area contributed by atoms with Gasteiger partial charge in [0.1, 0.15) is 5.76 Å². The number of hydrogen-bond donors (Lipinski definition) is 3. The first kappa shape index (κ1) is 21.6. The van der Waals surface area contributed by atoms with E-state index < -0.39 is 6.03 Å². The summed E-state index contributed by atoms with van der Waals surface area (Å²) >= 11 is 0. The van der Waals surface area contributed by atoms with Gasteiger partial charge in [-0.2, -0.15) is 0 Å². The Kier molecular flexibility index (Phi) is 6.89. The van der Waals surface area contributed by atoms with E-state index in [0.717, 1.165) is 24.0 Å². The number of nitrogens with one attached hydrogen (secondary N) is 3. The van der Waals surface area contributed by atoms with Crippen LogP contribution in [0.4, 0.5) is 10.5 Å². The molecule has 1 saturated heterocycles. The highest BCUT2D eigenvalue weighted by Gasteiger charge is 2.24.